The van der Waals surface area contributed by atoms with Gasteiger partial charge in [-0.2, -0.15) is 0 Å². The summed E-state index contributed by atoms with van der Waals surface area (Å²) in [6.07, 6.45) is 0. The first kappa shape index (κ1) is 11.9. The highest BCUT2D eigenvalue weighted by atomic mass is 16.2. The molecule has 0 saturated heterocycles. The normalized spacial score (nSPS) is 8.71. The molecule has 0 fully saturated rings. The second kappa shape index (κ2) is 4.85. The predicted octanol–water partition coefficient (Wildman–Crippen LogP) is -1.48. The first-order chi connectivity index (χ1) is 6.34. The lowest BCUT2D eigenvalue weighted by Crippen LogP contribution is -2.46. The highest BCUT2D eigenvalue weighted by Gasteiger charge is 2.15. The Hall–Kier alpha value is -2.05. The van der Waals surface area contributed by atoms with Crippen molar-refractivity contribution in [3.8, 4) is 0 Å². The molecule has 0 aliphatic rings. The van der Waals surface area contributed by atoms with Gasteiger partial charge in [-0.25, -0.2) is 4.79 Å². The van der Waals surface area contributed by atoms with Gasteiger partial charge in [0.15, 0.2) is 0 Å². The maximum absolute atomic E-state index is 10.7. The summed E-state index contributed by atoms with van der Waals surface area (Å²) in [5, 5.41) is 3.11. The van der Waals surface area contributed by atoms with Crippen LogP contribution in [0.5, 0.6) is 0 Å². The molecule has 0 unspecified atom stereocenters. The SMILES string of the molecule is CC(=O)C(=O)NC(=O)NC(=O)C(C)=O. The second-order valence-corrected chi connectivity index (χ2v) is 2.35. The van der Waals surface area contributed by atoms with E-state index in [-0.39, 0.29) is 0 Å². The van der Waals surface area contributed by atoms with Gasteiger partial charge in [0, 0.05) is 13.8 Å². The molecule has 0 aromatic heterocycles. The van der Waals surface area contributed by atoms with Gasteiger partial charge in [-0.15, -0.1) is 0 Å². The third-order valence-electron chi connectivity index (χ3n) is 1.09. The second-order valence-electron chi connectivity index (χ2n) is 2.35. The Morgan fingerprint density at radius 2 is 1.00 bits per heavy atom. The van der Waals surface area contributed by atoms with Crippen molar-refractivity contribution in [2.45, 2.75) is 13.8 Å². The molecular weight excluding hydrogens is 192 g/mol. The summed E-state index contributed by atoms with van der Waals surface area (Å²) >= 11 is 0. The van der Waals surface area contributed by atoms with Crippen molar-refractivity contribution in [2.75, 3.05) is 0 Å². The van der Waals surface area contributed by atoms with Gasteiger partial charge in [0.1, 0.15) is 0 Å². The molecule has 0 radical (unpaired) electrons. The van der Waals surface area contributed by atoms with Gasteiger partial charge in [0.25, 0.3) is 11.8 Å². The van der Waals surface area contributed by atoms with Crippen LogP contribution in [0.3, 0.4) is 0 Å². The lowest BCUT2D eigenvalue weighted by molar-refractivity contribution is -0.137. The molecule has 0 saturated carbocycles. The van der Waals surface area contributed by atoms with Gasteiger partial charge < -0.3 is 0 Å². The van der Waals surface area contributed by atoms with Crippen LogP contribution in [0.25, 0.3) is 0 Å². The van der Waals surface area contributed by atoms with E-state index in [0.29, 0.717) is 0 Å². The predicted molar refractivity (Wildman–Crippen MR) is 43.0 cm³/mol. The monoisotopic (exact) mass is 200 g/mol. The van der Waals surface area contributed by atoms with Crippen LogP contribution in [-0.4, -0.2) is 29.4 Å². The van der Waals surface area contributed by atoms with E-state index in [2.05, 4.69) is 0 Å². The molecule has 0 aromatic rings. The zero-order valence-electron chi connectivity index (χ0n) is 7.54. The first-order valence-corrected chi connectivity index (χ1v) is 3.52. The average molecular weight is 200 g/mol. The van der Waals surface area contributed by atoms with Crippen LogP contribution in [0.15, 0.2) is 0 Å². The fraction of sp³-hybridized carbons (Fsp3) is 0.286. The van der Waals surface area contributed by atoms with Crippen molar-refractivity contribution in [1.29, 1.82) is 0 Å². The number of hydrogen-bond donors (Lipinski definition) is 2. The highest BCUT2D eigenvalue weighted by Crippen LogP contribution is 1.74. The molecule has 0 bridgehead atoms. The quantitative estimate of drug-likeness (QED) is 0.528. The Balaban J connectivity index is 4.12. The Morgan fingerprint density at radius 1 is 0.714 bits per heavy atom. The van der Waals surface area contributed by atoms with Crippen LogP contribution in [-0.2, 0) is 19.2 Å². The summed E-state index contributed by atoms with van der Waals surface area (Å²) in [6.45, 7) is 1.91. The fourth-order valence-electron chi connectivity index (χ4n) is 0.414. The largest absolute Gasteiger partial charge is 0.328 e. The number of carbonyl (C=O) groups excluding carboxylic acids is 5. The fourth-order valence-corrected chi connectivity index (χ4v) is 0.414. The Morgan fingerprint density at radius 3 is 1.21 bits per heavy atom. The topological polar surface area (TPSA) is 109 Å². The molecule has 0 aliphatic carbocycles. The zero-order chi connectivity index (χ0) is 11.3. The maximum atomic E-state index is 10.7. The number of hydrogen-bond acceptors (Lipinski definition) is 5. The van der Waals surface area contributed by atoms with Crippen LogP contribution in [0.4, 0.5) is 4.79 Å². The number of Topliss-reactive ketones (excluding diaryl/α,β-unsaturated/α-hetero) is 2. The molecule has 0 spiro atoms. The summed E-state index contributed by atoms with van der Waals surface area (Å²) in [5.41, 5.74) is 0. The van der Waals surface area contributed by atoms with Gasteiger partial charge in [0.2, 0.25) is 11.6 Å². The van der Waals surface area contributed by atoms with E-state index in [4.69, 9.17) is 0 Å². The number of carbonyl (C=O) groups is 5. The number of rotatable bonds is 2. The van der Waals surface area contributed by atoms with Gasteiger partial charge in [-0.05, 0) is 0 Å². The summed E-state index contributed by atoms with van der Waals surface area (Å²) in [7, 11) is 0. The molecule has 7 heteroatoms. The Labute approximate surface area is 78.8 Å². The molecule has 7 nitrogen and oxygen atoms in total. The van der Waals surface area contributed by atoms with E-state index in [9.17, 15) is 24.0 Å². The molecular formula is C7H8N2O5. The minimum absolute atomic E-state index is 0.879. The van der Waals surface area contributed by atoms with Crippen molar-refractivity contribution in [2.24, 2.45) is 0 Å². The van der Waals surface area contributed by atoms with E-state index >= 15 is 0 Å². The van der Waals surface area contributed by atoms with Crippen molar-refractivity contribution < 1.29 is 24.0 Å². The average Bonchev–Trinajstić information content (AvgIpc) is 2.03. The number of nitrogens with one attached hydrogen (secondary N) is 2. The van der Waals surface area contributed by atoms with Gasteiger partial charge in [-0.3, -0.25) is 29.8 Å². The van der Waals surface area contributed by atoms with E-state index in [1.54, 1.807) is 10.6 Å². The minimum Gasteiger partial charge on any atom is -0.289 e. The number of imide groups is 2. The van der Waals surface area contributed by atoms with Gasteiger partial charge in [0.05, 0.1) is 0 Å². The third-order valence-corrected chi connectivity index (χ3v) is 1.09. The molecule has 0 aromatic carbocycles. The van der Waals surface area contributed by atoms with Crippen molar-refractivity contribution in [1.82, 2.24) is 10.6 Å². The standard InChI is InChI=1S/C7H8N2O5/c1-3(10)5(12)8-7(14)9-6(13)4(2)11/h1-2H3,(H2,8,9,12,13,14). The Bertz CT molecular complexity index is 290. The van der Waals surface area contributed by atoms with E-state index in [1.165, 1.54) is 0 Å². The third kappa shape index (κ3) is 4.10. The number of ketones is 2. The lowest BCUT2D eigenvalue weighted by Gasteiger charge is -2.00. The van der Waals surface area contributed by atoms with E-state index in [1.807, 2.05) is 0 Å². The van der Waals surface area contributed by atoms with Crippen molar-refractivity contribution >= 4 is 29.4 Å². The van der Waals surface area contributed by atoms with E-state index < -0.39 is 29.4 Å². The Kier molecular flexibility index (Phi) is 4.14. The molecule has 2 N–H and O–H groups in total. The molecule has 0 aliphatic heterocycles. The van der Waals surface area contributed by atoms with Crippen LogP contribution in [0, 0.1) is 0 Å². The summed E-state index contributed by atoms with van der Waals surface area (Å²) in [4.78, 5) is 52.6. The highest BCUT2D eigenvalue weighted by molar-refractivity contribution is 6.41. The number of amides is 4. The molecule has 4 amide bonds. The van der Waals surface area contributed by atoms with Crippen LogP contribution in [0.2, 0.25) is 0 Å². The van der Waals surface area contributed by atoms with Crippen LogP contribution in [0.1, 0.15) is 13.8 Å². The van der Waals surface area contributed by atoms with Crippen LogP contribution >= 0.6 is 0 Å². The molecule has 0 heterocycles. The molecule has 14 heavy (non-hydrogen) atoms. The maximum Gasteiger partial charge on any atom is 0.328 e. The number of urea groups is 1. The summed E-state index contributed by atoms with van der Waals surface area (Å²) in [6, 6.07) is -1.20. The molecule has 0 atom stereocenters. The van der Waals surface area contributed by atoms with Crippen LogP contribution < -0.4 is 10.6 Å². The molecule has 76 valence electrons. The summed E-state index contributed by atoms with van der Waals surface area (Å²) < 4.78 is 0. The van der Waals surface area contributed by atoms with Crippen molar-refractivity contribution in [3.63, 3.8) is 0 Å². The van der Waals surface area contributed by atoms with E-state index in [0.717, 1.165) is 13.8 Å². The summed E-state index contributed by atoms with van der Waals surface area (Å²) in [5.74, 6) is -4.07. The van der Waals surface area contributed by atoms with Crippen molar-refractivity contribution in [3.05, 3.63) is 0 Å². The zero-order valence-corrected chi connectivity index (χ0v) is 7.54. The first-order valence-electron chi connectivity index (χ1n) is 3.52. The minimum atomic E-state index is -1.20. The smallest absolute Gasteiger partial charge is 0.289 e. The van der Waals surface area contributed by atoms with Gasteiger partial charge >= 0.3 is 6.03 Å². The molecule has 0 rings (SSSR count). The van der Waals surface area contributed by atoms with Gasteiger partial charge in [-0.1, -0.05) is 0 Å². The lowest BCUT2D eigenvalue weighted by atomic mass is 10.4.